The van der Waals surface area contributed by atoms with Crippen LogP contribution in [0, 0.1) is 0 Å². The number of rotatable bonds is 6. The van der Waals surface area contributed by atoms with Crippen molar-refractivity contribution in [3.8, 4) is 0 Å². The molecular weight excluding hydrogens is 445 g/mol. The fourth-order valence-corrected chi connectivity index (χ4v) is 1.24. The number of hydrogen-bond donors (Lipinski definition) is 1. The third-order valence-electron chi connectivity index (χ3n) is 1.58. The maximum absolute atomic E-state index is 8.93. The zero-order valence-electron chi connectivity index (χ0n) is 12.6. The van der Waals surface area contributed by atoms with E-state index < -0.39 is 23.9 Å². The Labute approximate surface area is 201 Å². The molecule has 0 bridgehead atoms. The quantitative estimate of drug-likeness (QED) is 0.227. The van der Waals surface area contributed by atoms with Crippen molar-refractivity contribution in [3.63, 3.8) is 0 Å². The summed E-state index contributed by atoms with van der Waals surface area (Å²) < 4.78 is 0. The van der Waals surface area contributed by atoms with Crippen LogP contribution in [-0.4, -0.2) is 66.7 Å². The molecule has 0 saturated heterocycles. The largest absolute Gasteiger partial charge is 3.00 e. The number of nitrogens with two attached hydrogens (primary N) is 1. The third-order valence-corrected chi connectivity index (χ3v) is 1.92. The Morgan fingerprint density at radius 3 is 1.12 bits per heavy atom. The van der Waals surface area contributed by atoms with Crippen molar-refractivity contribution in [2.45, 2.75) is 0 Å². The Balaban J connectivity index is -0.0000000759. The van der Waals surface area contributed by atoms with Crippen molar-refractivity contribution in [3.05, 3.63) is 0 Å². The van der Waals surface area contributed by atoms with E-state index in [2.05, 4.69) is 4.90 Å². The van der Waals surface area contributed by atoms with E-state index in [0.29, 0.717) is 18.3 Å². The summed E-state index contributed by atoms with van der Waals surface area (Å²) in [6.45, 7) is 3.32. The summed E-state index contributed by atoms with van der Waals surface area (Å²) in [5, 5.41) is 35.7. The summed E-state index contributed by atoms with van der Waals surface area (Å²) >= 11 is 11.1. The second kappa shape index (κ2) is 25.8. The maximum atomic E-state index is 8.93. The number of nitrogens with zero attached hydrogens (tertiary/aromatic N) is 1. The van der Waals surface area contributed by atoms with Gasteiger partial charge in [0, 0.05) is 37.9 Å². The second-order valence-electron chi connectivity index (χ2n) is 3.16. The Hall–Kier alpha value is 0.523. The number of carboxylic acids is 4. The van der Waals surface area contributed by atoms with E-state index in [1.54, 1.807) is 0 Å². The first kappa shape index (κ1) is 35.6. The molecule has 0 amide bonds. The van der Waals surface area contributed by atoms with E-state index in [0.717, 1.165) is 19.6 Å². The molecular formula is C10H14Cl2CoKN2O8. The first-order valence-electron chi connectivity index (χ1n) is 5.52. The Bertz CT molecular complexity index is 303. The summed E-state index contributed by atoms with van der Waals surface area (Å²) in [5.41, 5.74) is 5.36. The van der Waals surface area contributed by atoms with Gasteiger partial charge in [-0.1, -0.05) is 0 Å². The number of hydrogen-bond acceptors (Lipinski definition) is 10. The molecule has 0 unspecified atom stereocenters. The summed E-state index contributed by atoms with van der Waals surface area (Å²) in [6.07, 6.45) is 0. The van der Waals surface area contributed by atoms with Crippen LogP contribution in [0.25, 0.3) is 0 Å². The maximum Gasteiger partial charge on any atom is 3.00 e. The van der Waals surface area contributed by atoms with Crippen molar-refractivity contribution < 1.29 is 108 Å². The monoisotopic (exact) mass is 458 g/mol. The molecule has 0 aliphatic carbocycles. The van der Waals surface area contributed by atoms with Gasteiger partial charge >= 0.3 is 68.2 Å². The first-order valence-corrected chi connectivity index (χ1v) is 6.59. The van der Waals surface area contributed by atoms with Gasteiger partial charge in [-0.2, -0.15) is 0 Å². The van der Waals surface area contributed by atoms with E-state index in [1.807, 2.05) is 0 Å². The smallest absolute Gasteiger partial charge is 0.543 e. The number of alkyl halides is 2. The van der Waals surface area contributed by atoms with E-state index in [-0.39, 0.29) is 68.2 Å². The molecule has 0 aliphatic heterocycles. The first-order chi connectivity index (χ1) is 10.1. The average Bonchev–Trinajstić information content (AvgIpc) is 2.40. The van der Waals surface area contributed by atoms with Gasteiger partial charge in [0.1, 0.15) is 0 Å². The number of aliphatic carboxylic acids is 4. The molecule has 136 valence electrons. The fourth-order valence-electron chi connectivity index (χ4n) is 0.757. The topological polar surface area (TPSA) is 190 Å². The average molecular weight is 459 g/mol. The van der Waals surface area contributed by atoms with Gasteiger partial charge in [-0.3, -0.25) is 4.90 Å². The van der Waals surface area contributed by atoms with E-state index in [9.17, 15) is 0 Å². The minimum Gasteiger partial charge on any atom is -0.543 e. The predicted molar refractivity (Wildman–Crippen MR) is 67.0 cm³/mol. The minimum atomic E-state index is -2.19. The van der Waals surface area contributed by atoms with Gasteiger partial charge in [0.15, 0.2) is 0 Å². The number of halogens is 2. The standard InChI is InChI=1S/C6H14Cl2N2.2C2H2O4.Co.K/c7-1-4-10(5-2-8)6-3-9;2*3-1(4)2(5)6;;/h1-6,9H2;2*(H,3,4)(H,5,6);;/q;;;+3;+1/p-4. The van der Waals surface area contributed by atoms with Crippen molar-refractivity contribution >= 4 is 47.1 Å². The van der Waals surface area contributed by atoms with Crippen molar-refractivity contribution in [1.29, 1.82) is 0 Å². The van der Waals surface area contributed by atoms with Crippen LogP contribution in [0.5, 0.6) is 0 Å². The summed E-state index contributed by atoms with van der Waals surface area (Å²) in [5.74, 6) is -7.44. The zero-order valence-corrected chi connectivity index (χ0v) is 18.3. The van der Waals surface area contributed by atoms with Crippen LogP contribution in [-0.2, 0) is 36.0 Å². The summed E-state index contributed by atoms with van der Waals surface area (Å²) in [7, 11) is 0. The van der Waals surface area contributed by atoms with E-state index in [4.69, 9.17) is 68.5 Å². The van der Waals surface area contributed by atoms with Gasteiger partial charge in [-0.05, 0) is 0 Å². The molecule has 24 heavy (non-hydrogen) atoms. The molecule has 10 nitrogen and oxygen atoms in total. The Morgan fingerprint density at radius 1 is 0.750 bits per heavy atom. The van der Waals surface area contributed by atoms with Gasteiger partial charge in [-0.25, -0.2) is 0 Å². The Kier molecular flexibility index (Phi) is 38.2. The predicted octanol–water partition coefficient (Wildman–Crippen LogP) is -9.30. The number of carbonyl (C=O) groups excluding carboxylic acids is 4. The molecule has 0 aromatic heterocycles. The SMILES string of the molecule is NCCN(CCCl)CCCl.O=C([O-])C(=O)[O-].O=C([O-])C(=O)[O-].[Co+3].[K+]. The fraction of sp³-hybridized carbons (Fsp3) is 0.600. The molecule has 0 heterocycles. The molecule has 0 saturated carbocycles. The molecule has 14 heteroatoms. The molecule has 0 aliphatic rings. The van der Waals surface area contributed by atoms with E-state index >= 15 is 0 Å². The number of carbonyl (C=O) groups is 4. The molecule has 0 aromatic rings. The van der Waals surface area contributed by atoms with Crippen molar-refractivity contribution in [2.24, 2.45) is 5.73 Å². The molecule has 0 fully saturated rings. The van der Waals surface area contributed by atoms with Crippen LogP contribution in [0.4, 0.5) is 0 Å². The summed E-state index contributed by atoms with van der Waals surface area (Å²) in [4.78, 5) is 37.9. The molecule has 0 spiro atoms. The molecule has 0 rings (SSSR count). The minimum absolute atomic E-state index is 0. The van der Waals surface area contributed by atoms with Crippen LogP contribution < -0.4 is 77.5 Å². The van der Waals surface area contributed by atoms with Crippen LogP contribution >= 0.6 is 23.2 Å². The van der Waals surface area contributed by atoms with Crippen LogP contribution in [0.15, 0.2) is 0 Å². The summed E-state index contributed by atoms with van der Waals surface area (Å²) in [6, 6.07) is 0. The third kappa shape index (κ3) is 34.0. The Morgan fingerprint density at radius 2 is 1.00 bits per heavy atom. The molecule has 0 radical (unpaired) electrons. The van der Waals surface area contributed by atoms with Gasteiger partial charge in [0.2, 0.25) is 0 Å². The second-order valence-corrected chi connectivity index (χ2v) is 3.91. The van der Waals surface area contributed by atoms with Gasteiger partial charge < -0.3 is 45.3 Å². The van der Waals surface area contributed by atoms with Gasteiger partial charge in [0.25, 0.3) is 0 Å². The normalized spacial score (nSPS) is 8.17. The van der Waals surface area contributed by atoms with Gasteiger partial charge in [-0.15, -0.1) is 23.2 Å². The van der Waals surface area contributed by atoms with Crippen molar-refractivity contribution in [2.75, 3.05) is 37.9 Å². The van der Waals surface area contributed by atoms with Crippen molar-refractivity contribution in [1.82, 2.24) is 4.90 Å². The molecule has 2 N–H and O–H groups in total. The van der Waals surface area contributed by atoms with Gasteiger partial charge in [0.05, 0.1) is 23.9 Å². The molecule has 0 aromatic carbocycles. The zero-order chi connectivity index (χ0) is 18.1. The number of carboxylic acid groups (broad SMARTS) is 4. The van der Waals surface area contributed by atoms with Crippen LogP contribution in [0.2, 0.25) is 0 Å². The van der Waals surface area contributed by atoms with Crippen LogP contribution in [0.3, 0.4) is 0 Å². The molecule has 0 atom stereocenters. The van der Waals surface area contributed by atoms with Crippen LogP contribution in [0.1, 0.15) is 0 Å². The van der Waals surface area contributed by atoms with E-state index in [1.165, 1.54) is 0 Å².